The van der Waals surface area contributed by atoms with Gasteiger partial charge in [0.05, 0.1) is 10.3 Å². The average Bonchev–Trinajstić information content (AvgIpc) is 3.22. The van der Waals surface area contributed by atoms with Crippen molar-refractivity contribution in [1.29, 1.82) is 0 Å². The molecule has 0 fully saturated rings. The fourth-order valence-electron chi connectivity index (χ4n) is 6.87. The van der Waals surface area contributed by atoms with E-state index in [1.807, 2.05) is 6.07 Å². The lowest BCUT2D eigenvalue weighted by molar-refractivity contribution is -0.401. The monoisotopic (exact) mass is 524 g/mol. The Morgan fingerprint density at radius 2 is 1.77 bits per heavy atom. The number of anilines is 1. The zero-order valence-electron chi connectivity index (χ0n) is 24.7. The first-order valence-electron chi connectivity index (χ1n) is 14.1. The topological polar surface area (TPSA) is 49.4 Å². The molecular weight excluding hydrogens is 482 g/mol. The molecule has 5 heteroatoms. The molecule has 0 saturated heterocycles. The number of para-hydroxylation sites is 1. The third-order valence-corrected chi connectivity index (χ3v) is 9.18. The van der Waals surface area contributed by atoms with Crippen molar-refractivity contribution >= 4 is 22.8 Å². The molecule has 1 unspecified atom stereocenters. The van der Waals surface area contributed by atoms with E-state index in [1.165, 1.54) is 28.2 Å². The number of nitrogens with zero attached hydrogens (tertiary/aromatic N) is 3. The van der Waals surface area contributed by atoms with E-state index in [0.29, 0.717) is 6.04 Å². The lowest BCUT2D eigenvalue weighted by Crippen LogP contribution is -2.37. The maximum atomic E-state index is 11.7. The minimum absolute atomic E-state index is 0.0909. The van der Waals surface area contributed by atoms with Gasteiger partial charge in [-0.2, -0.15) is 4.58 Å². The first-order valence-corrected chi connectivity index (χ1v) is 14.1. The summed E-state index contributed by atoms with van der Waals surface area (Å²) in [6.07, 6.45) is 12.2. The van der Waals surface area contributed by atoms with Gasteiger partial charge in [0.2, 0.25) is 5.69 Å². The molecule has 5 nitrogen and oxygen atoms in total. The van der Waals surface area contributed by atoms with Gasteiger partial charge in [-0.25, -0.2) is 0 Å². The summed E-state index contributed by atoms with van der Waals surface area (Å²) >= 11 is 0. The molecule has 3 aliphatic rings. The van der Waals surface area contributed by atoms with Crippen LogP contribution in [0.3, 0.4) is 0 Å². The lowest BCUT2D eigenvalue weighted by Gasteiger charge is -2.38. The molecule has 2 aliphatic heterocycles. The second-order valence-electron chi connectivity index (χ2n) is 13.4. The Morgan fingerprint density at radius 3 is 2.38 bits per heavy atom. The fourth-order valence-corrected chi connectivity index (χ4v) is 6.87. The van der Waals surface area contributed by atoms with Crippen LogP contribution in [0.1, 0.15) is 78.9 Å². The predicted molar refractivity (Wildman–Crippen MR) is 161 cm³/mol. The number of hydrogen-bond donors (Lipinski definition) is 0. The second-order valence-corrected chi connectivity index (χ2v) is 13.4. The van der Waals surface area contributed by atoms with Crippen molar-refractivity contribution in [3.63, 3.8) is 0 Å². The summed E-state index contributed by atoms with van der Waals surface area (Å²) in [5, 5.41) is 11.7. The maximum Gasteiger partial charge on any atom is 0.269 e. The smallest absolute Gasteiger partial charge is 0.269 e. The Morgan fingerprint density at radius 1 is 1.05 bits per heavy atom. The van der Waals surface area contributed by atoms with Crippen LogP contribution in [-0.2, 0) is 10.8 Å². The van der Waals surface area contributed by atoms with Crippen LogP contribution in [-0.4, -0.2) is 28.3 Å². The highest BCUT2D eigenvalue weighted by Crippen LogP contribution is 2.51. The van der Waals surface area contributed by atoms with Gasteiger partial charge in [-0.15, -0.1) is 0 Å². The van der Waals surface area contributed by atoms with E-state index in [0.717, 1.165) is 30.5 Å². The number of benzene rings is 2. The number of fused-ring (bicyclic) bond motifs is 2. The van der Waals surface area contributed by atoms with Crippen LogP contribution in [0.4, 0.5) is 17.1 Å². The van der Waals surface area contributed by atoms with Crippen LogP contribution >= 0.6 is 0 Å². The Kier molecular flexibility index (Phi) is 6.48. The van der Waals surface area contributed by atoms with Crippen molar-refractivity contribution in [2.24, 2.45) is 5.41 Å². The number of hydrogen-bond acceptors (Lipinski definition) is 3. The number of nitro groups is 1. The fraction of sp³-hybridized carbons (Fsp3) is 0.441. The summed E-state index contributed by atoms with van der Waals surface area (Å²) in [4.78, 5) is 13.9. The van der Waals surface area contributed by atoms with Gasteiger partial charge in [-0.3, -0.25) is 10.1 Å². The van der Waals surface area contributed by atoms with Gasteiger partial charge < -0.3 is 4.90 Å². The summed E-state index contributed by atoms with van der Waals surface area (Å²) in [6, 6.07) is 14.3. The third kappa shape index (κ3) is 4.46. The van der Waals surface area contributed by atoms with Crippen LogP contribution < -0.4 is 4.90 Å². The summed E-state index contributed by atoms with van der Waals surface area (Å²) in [7, 11) is 2.14. The van der Waals surface area contributed by atoms with Gasteiger partial charge >= 0.3 is 0 Å². The van der Waals surface area contributed by atoms with Crippen molar-refractivity contribution in [2.45, 2.75) is 84.6 Å². The van der Waals surface area contributed by atoms with E-state index in [-0.39, 0.29) is 26.9 Å². The highest BCUT2D eigenvalue weighted by molar-refractivity contribution is 6.03. The molecule has 0 radical (unpaired) electrons. The van der Waals surface area contributed by atoms with Crippen molar-refractivity contribution in [1.82, 2.24) is 0 Å². The molecule has 0 saturated carbocycles. The molecule has 2 heterocycles. The van der Waals surface area contributed by atoms with Gasteiger partial charge in [0.15, 0.2) is 5.71 Å². The van der Waals surface area contributed by atoms with Crippen LogP contribution in [0, 0.1) is 15.5 Å². The highest BCUT2D eigenvalue weighted by Gasteiger charge is 2.45. The van der Waals surface area contributed by atoms with Gasteiger partial charge in [0, 0.05) is 52.7 Å². The average molecular weight is 525 g/mol. The van der Waals surface area contributed by atoms with Gasteiger partial charge in [-0.1, -0.05) is 70.5 Å². The third-order valence-electron chi connectivity index (χ3n) is 9.18. The molecule has 0 spiro atoms. The lowest BCUT2D eigenvalue weighted by atomic mass is 9.78. The molecule has 2 aromatic rings. The van der Waals surface area contributed by atoms with Gasteiger partial charge in [0.25, 0.3) is 5.69 Å². The minimum Gasteiger partial charge on any atom is -0.341 e. The first kappa shape index (κ1) is 27.1. The zero-order chi connectivity index (χ0) is 28.3. The Bertz CT molecular complexity index is 1460. The summed E-state index contributed by atoms with van der Waals surface area (Å²) in [6.45, 7) is 15.8. The molecule has 1 atom stereocenters. The standard InChI is InChI=1S/C34H42N3O2/c1-32(2,3)23-16-18-24(19-17-23)36-29-21-20-25(37(38)39)22-27(29)34(6,7)31(36)15-11-14-30-33(4,5)26-12-9-10-13-28(26)35(30)8/h9-16,20-22,24H,17-19H2,1-8H3/q+1. The molecule has 1 aliphatic carbocycles. The van der Waals surface area contributed by atoms with E-state index in [9.17, 15) is 10.1 Å². The number of allylic oxidation sites excluding steroid dienone is 5. The van der Waals surface area contributed by atoms with Crippen LogP contribution in [0.25, 0.3) is 0 Å². The van der Waals surface area contributed by atoms with E-state index in [4.69, 9.17) is 0 Å². The predicted octanol–water partition coefficient (Wildman–Crippen LogP) is 8.36. The highest BCUT2D eigenvalue weighted by atomic mass is 16.6. The Hall–Kier alpha value is -3.47. The molecule has 0 bridgehead atoms. The molecule has 39 heavy (non-hydrogen) atoms. The summed E-state index contributed by atoms with van der Waals surface area (Å²) in [5.74, 6) is 0. The summed E-state index contributed by atoms with van der Waals surface area (Å²) < 4.78 is 2.29. The van der Waals surface area contributed by atoms with Gasteiger partial charge in [-0.05, 0) is 56.2 Å². The normalized spacial score (nSPS) is 22.9. The maximum absolute atomic E-state index is 11.7. The Labute approximate surface area is 233 Å². The van der Waals surface area contributed by atoms with Crippen molar-refractivity contribution < 1.29 is 9.50 Å². The van der Waals surface area contributed by atoms with E-state index < -0.39 is 0 Å². The SMILES string of the molecule is C[N+]1=C(C=CC=C2N(C3CC=C(C(C)(C)C)CC3)c3ccc([N+](=O)[O-])cc3C2(C)C)C(C)(C)c2ccccc21. The zero-order valence-corrected chi connectivity index (χ0v) is 24.7. The van der Waals surface area contributed by atoms with E-state index in [2.05, 4.69) is 114 Å². The molecule has 0 amide bonds. The van der Waals surface area contributed by atoms with Crippen molar-refractivity contribution in [2.75, 3.05) is 11.9 Å². The van der Waals surface area contributed by atoms with Crippen LogP contribution in [0.2, 0.25) is 0 Å². The van der Waals surface area contributed by atoms with Crippen LogP contribution in [0.15, 0.2) is 78.0 Å². The van der Waals surface area contributed by atoms with Crippen molar-refractivity contribution in [3.8, 4) is 0 Å². The molecular formula is C34H42N3O2+. The number of rotatable bonds is 4. The quantitative estimate of drug-likeness (QED) is 0.175. The Balaban J connectivity index is 1.56. The van der Waals surface area contributed by atoms with Crippen LogP contribution in [0.5, 0.6) is 0 Å². The molecule has 204 valence electrons. The van der Waals surface area contributed by atoms with Crippen molar-refractivity contribution in [3.05, 3.63) is 99.3 Å². The van der Waals surface area contributed by atoms with Gasteiger partial charge in [0.1, 0.15) is 7.05 Å². The molecule has 0 N–H and O–H groups in total. The summed E-state index contributed by atoms with van der Waals surface area (Å²) in [5.41, 5.74) is 8.58. The molecule has 5 rings (SSSR count). The largest absolute Gasteiger partial charge is 0.341 e. The number of non-ortho nitro benzene ring substituents is 1. The van der Waals surface area contributed by atoms with E-state index >= 15 is 0 Å². The van der Waals surface area contributed by atoms with E-state index in [1.54, 1.807) is 12.1 Å². The number of nitro benzene ring substituents is 1. The second kappa shape index (κ2) is 9.32. The molecule has 0 aromatic heterocycles. The first-order chi connectivity index (χ1) is 18.2. The minimum atomic E-state index is -0.357. The molecule has 2 aromatic carbocycles.